The average Bonchev–Trinajstić information content (AvgIpc) is 3.09. The van der Waals surface area contributed by atoms with Gasteiger partial charge in [-0.1, -0.05) is 41.6 Å². The molecule has 3 rings (SSSR count). The Morgan fingerprint density at radius 3 is 2.52 bits per heavy atom. The number of hydrogen-bond donors (Lipinski definition) is 1. The van der Waals surface area contributed by atoms with Gasteiger partial charge in [0.05, 0.1) is 12.9 Å². The lowest BCUT2D eigenvalue weighted by Gasteiger charge is -2.16. The Morgan fingerprint density at radius 1 is 1.14 bits per heavy atom. The number of ether oxygens (including phenoxy) is 2. The van der Waals surface area contributed by atoms with Crippen LogP contribution in [-0.2, 0) is 11.8 Å². The summed E-state index contributed by atoms with van der Waals surface area (Å²) in [5.74, 6) is 2.10. The monoisotopic (exact) mass is 412 g/mol. The number of nitrogens with zero attached hydrogens (tertiary/aromatic N) is 3. The zero-order chi connectivity index (χ0) is 20.8. The van der Waals surface area contributed by atoms with Gasteiger partial charge in [-0.3, -0.25) is 4.79 Å². The highest BCUT2D eigenvalue weighted by Gasteiger charge is 2.19. The van der Waals surface area contributed by atoms with E-state index in [1.165, 1.54) is 11.8 Å². The molecule has 0 fully saturated rings. The largest absolute Gasteiger partial charge is 0.493 e. The Balaban J connectivity index is 1.59. The van der Waals surface area contributed by atoms with Crippen molar-refractivity contribution in [2.45, 2.75) is 25.1 Å². The maximum atomic E-state index is 12.2. The van der Waals surface area contributed by atoms with Crippen molar-refractivity contribution in [3.05, 3.63) is 59.9 Å². The fraction of sp³-hybridized carbons (Fsp3) is 0.286. The van der Waals surface area contributed by atoms with E-state index in [1.54, 1.807) is 7.11 Å². The standard InChI is InChI=1S/C21H24N4O3S/c1-14-9-11-16(12-10-14)22-19(26)13-29-21-24-23-20(25(21)3)15(2)28-18-8-6-5-7-17(18)27-4/h5-12,15H,13H2,1-4H3,(H,22,26). The van der Waals surface area contributed by atoms with Gasteiger partial charge in [-0.25, -0.2) is 0 Å². The first-order valence-electron chi connectivity index (χ1n) is 9.16. The summed E-state index contributed by atoms with van der Waals surface area (Å²) in [4.78, 5) is 12.2. The summed E-state index contributed by atoms with van der Waals surface area (Å²) in [6.07, 6.45) is -0.334. The van der Waals surface area contributed by atoms with E-state index in [2.05, 4.69) is 15.5 Å². The number of rotatable bonds is 8. The van der Waals surface area contributed by atoms with Crippen molar-refractivity contribution >= 4 is 23.4 Å². The van der Waals surface area contributed by atoms with Crippen molar-refractivity contribution in [3.63, 3.8) is 0 Å². The number of thioether (sulfide) groups is 1. The molecule has 0 aliphatic heterocycles. The van der Waals surface area contributed by atoms with Gasteiger partial charge in [-0.15, -0.1) is 10.2 Å². The maximum Gasteiger partial charge on any atom is 0.234 e. The fourth-order valence-electron chi connectivity index (χ4n) is 2.73. The van der Waals surface area contributed by atoms with Gasteiger partial charge in [-0.05, 0) is 38.1 Å². The minimum atomic E-state index is -0.334. The van der Waals surface area contributed by atoms with Gasteiger partial charge in [0.2, 0.25) is 5.91 Å². The van der Waals surface area contributed by atoms with Crippen LogP contribution in [0.15, 0.2) is 53.7 Å². The van der Waals surface area contributed by atoms with E-state index >= 15 is 0 Å². The third kappa shape index (κ3) is 5.29. The number of benzene rings is 2. The molecule has 1 unspecified atom stereocenters. The van der Waals surface area contributed by atoms with Gasteiger partial charge in [0.1, 0.15) is 0 Å². The Morgan fingerprint density at radius 2 is 1.83 bits per heavy atom. The van der Waals surface area contributed by atoms with Crippen molar-refractivity contribution in [1.29, 1.82) is 0 Å². The third-order valence-corrected chi connectivity index (χ3v) is 5.29. The molecule has 0 aliphatic rings. The summed E-state index contributed by atoms with van der Waals surface area (Å²) in [6.45, 7) is 3.90. The van der Waals surface area contributed by atoms with Crippen LogP contribution in [0, 0.1) is 6.92 Å². The number of hydrogen-bond acceptors (Lipinski definition) is 6. The molecule has 0 saturated carbocycles. The molecule has 0 saturated heterocycles. The summed E-state index contributed by atoms with van der Waals surface area (Å²) in [5, 5.41) is 12.0. The molecule has 8 heteroatoms. The number of aryl methyl sites for hydroxylation is 1. The van der Waals surface area contributed by atoms with Gasteiger partial charge < -0.3 is 19.4 Å². The highest BCUT2D eigenvalue weighted by Crippen LogP contribution is 2.30. The molecular formula is C21H24N4O3S. The number of methoxy groups -OCH3 is 1. The molecule has 29 heavy (non-hydrogen) atoms. The van der Waals surface area contributed by atoms with Crippen LogP contribution in [0.1, 0.15) is 24.4 Å². The van der Waals surface area contributed by atoms with E-state index in [9.17, 15) is 4.79 Å². The summed E-state index contributed by atoms with van der Waals surface area (Å²) < 4.78 is 13.2. The highest BCUT2D eigenvalue weighted by atomic mass is 32.2. The van der Waals surface area contributed by atoms with E-state index < -0.39 is 0 Å². The summed E-state index contributed by atoms with van der Waals surface area (Å²) >= 11 is 1.33. The lowest BCUT2D eigenvalue weighted by molar-refractivity contribution is -0.113. The summed E-state index contributed by atoms with van der Waals surface area (Å²) in [7, 11) is 3.46. The first-order valence-corrected chi connectivity index (χ1v) is 10.1. The second kappa shape index (κ2) is 9.47. The third-order valence-electron chi connectivity index (χ3n) is 4.27. The smallest absolute Gasteiger partial charge is 0.234 e. The molecule has 2 aromatic carbocycles. The minimum Gasteiger partial charge on any atom is -0.493 e. The van der Waals surface area contributed by atoms with E-state index in [0.717, 1.165) is 11.3 Å². The molecule has 7 nitrogen and oxygen atoms in total. The molecule has 1 heterocycles. The Hall–Kier alpha value is -3.00. The molecule has 1 atom stereocenters. The quantitative estimate of drug-likeness (QED) is 0.564. The van der Waals surface area contributed by atoms with Crippen LogP contribution in [0.4, 0.5) is 5.69 Å². The molecule has 3 aromatic rings. The number of para-hydroxylation sites is 2. The molecule has 0 aliphatic carbocycles. The van der Waals surface area contributed by atoms with Crippen LogP contribution < -0.4 is 14.8 Å². The number of nitrogens with one attached hydrogen (secondary N) is 1. The molecule has 1 aromatic heterocycles. The SMILES string of the molecule is COc1ccccc1OC(C)c1nnc(SCC(=O)Nc2ccc(C)cc2)n1C. The zero-order valence-corrected chi connectivity index (χ0v) is 17.7. The molecule has 0 bridgehead atoms. The van der Waals surface area contributed by atoms with Crippen molar-refractivity contribution in [2.24, 2.45) is 7.05 Å². The van der Waals surface area contributed by atoms with E-state index in [-0.39, 0.29) is 17.8 Å². The van der Waals surface area contributed by atoms with Crippen LogP contribution in [0.2, 0.25) is 0 Å². The van der Waals surface area contributed by atoms with Crippen molar-refractivity contribution < 1.29 is 14.3 Å². The normalized spacial score (nSPS) is 11.7. The van der Waals surface area contributed by atoms with Gasteiger partial charge in [0, 0.05) is 12.7 Å². The van der Waals surface area contributed by atoms with Crippen molar-refractivity contribution in [3.8, 4) is 11.5 Å². The van der Waals surface area contributed by atoms with Crippen LogP contribution in [0.3, 0.4) is 0 Å². The predicted octanol–water partition coefficient (Wildman–Crippen LogP) is 4.00. The van der Waals surface area contributed by atoms with Gasteiger partial charge in [0.15, 0.2) is 28.6 Å². The topological polar surface area (TPSA) is 78.3 Å². The van der Waals surface area contributed by atoms with Gasteiger partial charge >= 0.3 is 0 Å². The first kappa shape index (κ1) is 20.7. The van der Waals surface area contributed by atoms with Gasteiger partial charge in [0.25, 0.3) is 0 Å². The summed E-state index contributed by atoms with van der Waals surface area (Å²) in [5.41, 5.74) is 1.92. The summed E-state index contributed by atoms with van der Waals surface area (Å²) in [6, 6.07) is 15.1. The Bertz CT molecular complexity index is 972. The van der Waals surface area contributed by atoms with E-state index in [1.807, 2.05) is 74.0 Å². The number of carbonyl (C=O) groups excluding carboxylic acids is 1. The minimum absolute atomic E-state index is 0.0956. The van der Waals surface area contributed by atoms with Gasteiger partial charge in [-0.2, -0.15) is 0 Å². The second-order valence-corrected chi connectivity index (χ2v) is 7.46. The molecule has 152 valence electrons. The Kier molecular flexibility index (Phi) is 6.77. The number of anilines is 1. The van der Waals surface area contributed by atoms with E-state index in [0.29, 0.717) is 22.5 Å². The first-order chi connectivity index (χ1) is 14.0. The van der Waals surface area contributed by atoms with Crippen LogP contribution in [0.25, 0.3) is 0 Å². The lowest BCUT2D eigenvalue weighted by Crippen LogP contribution is -2.15. The molecule has 0 spiro atoms. The Labute approximate surface area is 174 Å². The van der Waals surface area contributed by atoms with Crippen LogP contribution in [-0.4, -0.2) is 33.5 Å². The molecule has 0 radical (unpaired) electrons. The zero-order valence-electron chi connectivity index (χ0n) is 16.9. The number of aromatic nitrogens is 3. The van der Waals surface area contributed by atoms with Crippen LogP contribution >= 0.6 is 11.8 Å². The average molecular weight is 413 g/mol. The fourth-order valence-corrected chi connectivity index (χ4v) is 3.45. The molecule has 1 amide bonds. The maximum absolute atomic E-state index is 12.2. The number of carbonyl (C=O) groups is 1. The lowest BCUT2D eigenvalue weighted by atomic mass is 10.2. The van der Waals surface area contributed by atoms with E-state index in [4.69, 9.17) is 9.47 Å². The van der Waals surface area contributed by atoms with Crippen molar-refractivity contribution in [1.82, 2.24) is 14.8 Å². The predicted molar refractivity (Wildman–Crippen MR) is 114 cm³/mol. The molecular weight excluding hydrogens is 388 g/mol. The van der Waals surface area contributed by atoms with Crippen molar-refractivity contribution in [2.75, 3.05) is 18.2 Å². The van der Waals surface area contributed by atoms with Crippen LogP contribution in [0.5, 0.6) is 11.5 Å². The number of amides is 1. The highest BCUT2D eigenvalue weighted by molar-refractivity contribution is 7.99. The second-order valence-electron chi connectivity index (χ2n) is 6.51. The molecule has 1 N–H and O–H groups in total.